The Morgan fingerprint density at radius 2 is 0.899 bits per heavy atom. The van der Waals surface area contributed by atoms with Crippen LogP contribution in [0.1, 0.15) is 48.6 Å². The van der Waals surface area contributed by atoms with Crippen LogP contribution in [0.3, 0.4) is 0 Å². The van der Waals surface area contributed by atoms with E-state index in [1.165, 1.54) is 60.8 Å². The SMILES string of the molecule is CC(C)(C)c1ccnc(-n2c3cc(Oc4cccc(N5CN(c6c(-c7ccccc7)cc(C7(c8ccccc8)c8ccccc8-c8ccccc87)cc6-c6ccccc6)c6ccccc65)c4)ccc3c3ccc(-n4c5ccccc5c5ccccc54)cc32)c1. The number of hydrogen-bond donors (Lipinski definition) is 0. The summed E-state index contributed by atoms with van der Waals surface area (Å²) >= 11 is 0. The topological polar surface area (TPSA) is 38.5 Å². The predicted molar refractivity (Wildman–Crippen MR) is 368 cm³/mol. The van der Waals surface area contributed by atoms with E-state index in [4.69, 9.17) is 9.72 Å². The molecule has 89 heavy (non-hydrogen) atoms. The second-order valence-electron chi connectivity index (χ2n) is 24.7. The number of anilines is 4. The summed E-state index contributed by atoms with van der Waals surface area (Å²) in [5, 5.41) is 4.73. The number of nitrogens with zero attached hydrogens (tertiary/aromatic N) is 5. The molecule has 0 spiro atoms. The number of ether oxygens (including phenoxy) is 1. The van der Waals surface area contributed by atoms with E-state index in [9.17, 15) is 0 Å². The van der Waals surface area contributed by atoms with Crippen LogP contribution >= 0.6 is 0 Å². The lowest BCUT2D eigenvalue weighted by molar-refractivity contribution is 0.483. The van der Waals surface area contributed by atoms with E-state index < -0.39 is 5.41 Å². The number of para-hydroxylation sites is 4. The minimum atomic E-state index is -0.608. The molecule has 17 rings (SSSR count). The van der Waals surface area contributed by atoms with Gasteiger partial charge < -0.3 is 19.1 Å². The molecule has 0 bridgehead atoms. The molecule has 6 heteroatoms. The van der Waals surface area contributed by atoms with Gasteiger partial charge in [-0.15, -0.1) is 0 Å². The van der Waals surface area contributed by atoms with Gasteiger partial charge in [-0.3, -0.25) is 4.57 Å². The van der Waals surface area contributed by atoms with Crippen LogP contribution in [0.2, 0.25) is 0 Å². The maximum atomic E-state index is 7.06. The van der Waals surface area contributed by atoms with Gasteiger partial charge in [-0.1, -0.05) is 221 Å². The van der Waals surface area contributed by atoms with Crippen LogP contribution < -0.4 is 14.5 Å². The molecule has 2 aliphatic rings. The van der Waals surface area contributed by atoms with Crippen molar-refractivity contribution in [3.05, 3.63) is 331 Å². The third kappa shape index (κ3) is 8.28. The Balaban J connectivity index is 0.793. The average Bonchev–Trinajstić information content (AvgIpc) is 1.64. The van der Waals surface area contributed by atoms with Gasteiger partial charge in [-0.2, -0.15) is 0 Å². The Hall–Kier alpha value is -11.2. The smallest absolute Gasteiger partial charge is 0.137 e. The number of aromatic nitrogens is 3. The van der Waals surface area contributed by atoms with E-state index in [-0.39, 0.29) is 5.41 Å². The fraction of sp³-hybridized carbons (Fsp3) is 0.0723. The van der Waals surface area contributed by atoms with Crippen LogP contribution in [-0.2, 0) is 10.8 Å². The van der Waals surface area contributed by atoms with E-state index in [1.807, 2.05) is 6.20 Å². The Morgan fingerprint density at radius 3 is 1.54 bits per heavy atom. The zero-order valence-electron chi connectivity index (χ0n) is 49.7. The van der Waals surface area contributed by atoms with Crippen LogP contribution in [0.15, 0.2) is 303 Å². The van der Waals surface area contributed by atoms with E-state index >= 15 is 0 Å². The molecule has 0 radical (unpaired) electrons. The van der Waals surface area contributed by atoms with Gasteiger partial charge in [0.2, 0.25) is 0 Å². The lowest BCUT2D eigenvalue weighted by atomic mass is 9.66. The van der Waals surface area contributed by atoms with Gasteiger partial charge in [-0.25, -0.2) is 4.98 Å². The van der Waals surface area contributed by atoms with Crippen molar-refractivity contribution < 1.29 is 4.74 Å². The first-order chi connectivity index (χ1) is 43.8. The minimum absolute atomic E-state index is 0.0855. The fourth-order valence-corrected chi connectivity index (χ4v) is 14.7. The van der Waals surface area contributed by atoms with Gasteiger partial charge >= 0.3 is 0 Å². The standard InChI is InChI=1S/C83H61N5O/c1-82(2,3)58-46-47-84-80(50-58)88-78-52-61(87-74-38-19-15-34-66(74)67-35-16-20-39-75(67)87)42-44-68(78)69-45-43-63(53-79(69)88)89-62-31-23-30-60(51-62)85-54-86(77-41-22-21-40-76(77)85)81-70(55-24-7-4-8-25-55)48-59(49-71(81)56-26-9-5-10-27-56)83(57-28-11-6-12-29-57)72-36-17-13-32-64(72)65-33-14-18-37-73(65)83/h4-53H,54H2,1-3H3. The number of benzene rings is 12. The van der Waals surface area contributed by atoms with Crippen LogP contribution in [0.4, 0.5) is 22.7 Å². The van der Waals surface area contributed by atoms with Crippen LogP contribution in [0.5, 0.6) is 11.5 Å². The van der Waals surface area contributed by atoms with Gasteiger partial charge in [0, 0.05) is 62.4 Å². The van der Waals surface area contributed by atoms with Crippen LogP contribution in [0, 0.1) is 0 Å². The molecule has 1 aliphatic heterocycles. The first-order valence-corrected chi connectivity index (χ1v) is 30.8. The third-order valence-electron chi connectivity index (χ3n) is 18.7. The molecule has 0 fully saturated rings. The van der Waals surface area contributed by atoms with Crippen molar-refractivity contribution in [2.75, 3.05) is 16.5 Å². The largest absolute Gasteiger partial charge is 0.457 e. The Kier molecular flexibility index (Phi) is 12.0. The van der Waals surface area contributed by atoms with E-state index in [0.717, 1.165) is 89.8 Å². The first kappa shape index (κ1) is 52.1. The third-order valence-corrected chi connectivity index (χ3v) is 18.7. The summed E-state index contributed by atoms with van der Waals surface area (Å²) in [6.45, 7) is 7.33. The van der Waals surface area contributed by atoms with E-state index in [1.54, 1.807) is 0 Å². The molecule has 0 N–H and O–H groups in total. The van der Waals surface area contributed by atoms with Crippen LogP contribution in [0.25, 0.3) is 88.5 Å². The van der Waals surface area contributed by atoms with Crippen molar-refractivity contribution in [1.82, 2.24) is 14.1 Å². The van der Waals surface area contributed by atoms with Gasteiger partial charge in [-0.05, 0) is 140 Å². The first-order valence-electron chi connectivity index (χ1n) is 30.8. The lowest BCUT2D eigenvalue weighted by Gasteiger charge is -2.36. The van der Waals surface area contributed by atoms with E-state index in [2.05, 4.69) is 337 Å². The van der Waals surface area contributed by atoms with Gasteiger partial charge in [0.15, 0.2) is 0 Å². The molecule has 0 saturated carbocycles. The molecule has 0 unspecified atom stereocenters. The van der Waals surface area contributed by atoms with Gasteiger partial charge in [0.25, 0.3) is 0 Å². The zero-order chi connectivity index (χ0) is 59.4. The molecule has 424 valence electrons. The van der Waals surface area contributed by atoms with Crippen molar-refractivity contribution >= 4 is 66.4 Å². The normalized spacial score (nSPS) is 13.3. The summed E-state index contributed by atoms with van der Waals surface area (Å²) in [5.74, 6) is 2.33. The van der Waals surface area contributed by atoms with E-state index in [0.29, 0.717) is 6.67 Å². The Labute approximate surface area is 518 Å². The maximum absolute atomic E-state index is 7.06. The molecule has 3 aromatic heterocycles. The molecule has 0 saturated heterocycles. The molecular formula is C83H61N5O. The molecule has 4 heterocycles. The highest BCUT2D eigenvalue weighted by Gasteiger charge is 2.47. The summed E-state index contributed by atoms with van der Waals surface area (Å²) in [6, 6.07) is 109. The molecule has 6 nitrogen and oxygen atoms in total. The highest BCUT2D eigenvalue weighted by Crippen LogP contribution is 2.59. The average molecular weight is 1140 g/mol. The van der Waals surface area contributed by atoms with Gasteiger partial charge in [0.05, 0.1) is 44.5 Å². The van der Waals surface area contributed by atoms with Gasteiger partial charge in [0.1, 0.15) is 24.0 Å². The fourth-order valence-electron chi connectivity index (χ4n) is 14.7. The molecule has 15 aromatic rings. The van der Waals surface area contributed by atoms with Crippen LogP contribution in [-0.4, -0.2) is 20.8 Å². The zero-order valence-corrected chi connectivity index (χ0v) is 49.7. The van der Waals surface area contributed by atoms with Crippen molar-refractivity contribution in [1.29, 1.82) is 0 Å². The second-order valence-corrected chi connectivity index (χ2v) is 24.7. The highest BCUT2D eigenvalue weighted by molar-refractivity contribution is 6.12. The Bertz CT molecular complexity index is 5110. The molecule has 0 amide bonds. The summed E-state index contributed by atoms with van der Waals surface area (Å²) in [4.78, 5) is 10.1. The van der Waals surface area contributed by atoms with Crippen molar-refractivity contribution in [3.8, 4) is 56.4 Å². The molecular weight excluding hydrogens is 1080 g/mol. The predicted octanol–water partition coefficient (Wildman–Crippen LogP) is 21.3. The van der Waals surface area contributed by atoms with Crippen molar-refractivity contribution in [2.24, 2.45) is 0 Å². The van der Waals surface area contributed by atoms with Crippen molar-refractivity contribution in [3.63, 3.8) is 0 Å². The number of hydrogen-bond acceptors (Lipinski definition) is 4. The monoisotopic (exact) mass is 1140 g/mol. The second kappa shape index (κ2) is 20.5. The quantitative estimate of drug-likeness (QED) is 0.137. The Morgan fingerprint density at radius 1 is 0.371 bits per heavy atom. The number of rotatable bonds is 10. The molecule has 1 aliphatic carbocycles. The number of pyridine rings is 1. The molecule has 12 aromatic carbocycles. The summed E-state index contributed by atoms with van der Waals surface area (Å²) in [7, 11) is 0. The maximum Gasteiger partial charge on any atom is 0.137 e. The highest BCUT2D eigenvalue weighted by atomic mass is 16.5. The lowest BCUT2D eigenvalue weighted by Crippen LogP contribution is -2.29. The number of fused-ring (bicyclic) bond motifs is 10. The van der Waals surface area contributed by atoms with Crippen molar-refractivity contribution in [2.45, 2.75) is 31.6 Å². The summed E-state index contributed by atoms with van der Waals surface area (Å²) in [5.41, 5.74) is 22.6. The summed E-state index contributed by atoms with van der Waals surface area (Å²) in [6.07, 6.45) is 1.95. The minimum Gasteiger partial charge on any atom is -0.457 e. The molecule has 0 atom stereocenters. The summed E-state index contributed by atoms with van der Waals surface area (Å²) < 4.78 is 11.8.